The molecule has 1 aromatic heterocycles. The van der Waals surface area contributed by atoms with Crippen molar-refractivity contribution in [3.8, 4) is 28.2 Å². The third-order valence-corrected chi connectivity index (χ3v) is 8.79. The maximum atomic E-state index is 12.7. The van der Waals surface area contributed by atoms with Crippen LogP contribution in [0.25, 0.3) is 28.2 Å². The quantitative estimate of drug-likeness (QED) is 0.282. The third-order valence-electron chi connectivity index (χ3n) is 6.96. The van der Waals surface area contributed by atoms with E-state index in [0.717, 1.165) is 16.8 Å². The van der Waals surface area contributed by atoms with Crippen molar-refractivity contribution in [1.82, 2.24) is 14.1 Å². The first-order valence-corrected chi connectivity index (χ1v) is 14.6. The maximum Gasteiger partial charge on any atom is 0.335 e. The fourth-order valence-electron chi connectivity index (χ4n) is 4.32. The van der Waals surface area contributed by atoms with Gasteiger partial charge in [-0.15, -0.1) is 0 Å². The fraction of sp³-hybridized carbons (Fsp3) is 0.312. The van der Waals surface area contributed by atoms with Gasteiger partial charge in [0.1, 0.15) is 0 Å². The summed E-state index contributed by atoms with van der Waals surface area (Å²) in [6.07, 6.45) is 0. The largest absolute Gasteiger partial charge is 0.478 e. The van der Waals surface area contributed by atoms with Gasteiger partial charge in [-0.05, 0) is 76.6 Å². The van der Waals surface area contributed by atoms with Crippen LogP contribution in [0.2, 0.25) is 0 Å². The molecule has 0 fully saturated rings. The summed E-state index contributed by atoms with van der Waals surface area (Å²) in [5, 5.41) is 14.2. The molecule has 3 aromatic carbocycles. The van der Waals surface area contributed by atoms with Crippen molar-refractivity contribution in [3.05, 3.63) is 89.5 Å². The van der Waals surface area contributed by atoms with Crippen molar-refractivity contribution in [1.29, 1.82) is 0 Å². The Labute approximate surface area is 237 Å². The number of aromatic nitrogens is 2. The third kappa shape index (κ3) is 5.88. The van der Waals surface area contributed by atoms with Gasteiger partial charge in [-0.3, -0.25) is 0 Å². The van der Waals surface area contributed by atoms with Crippen LogP contribution >= 0.6 is 0 Å². The van der Waals surface area contributed by atoms with Crippen molar-refractivity contribution >= 4 is 16.0 Å². The van der Waals surface area contributed by atoms with Gasteiger partial charge in [0, 0.05) is 25.2 Å². The second kappa shape index (κ2) is 10.3. The van der Waals surface area contributed by atoms with Crippen LogP contribution in [0.15, 0.2) is 77.7 Å². The zero-order valence-electron chi connectivity index (χ0n) is 24.4. The van der Waals surface area contributed by atoms with Crippen LogP contribution in [0.4, 0.5) is 0 Å². The Bertz CT molecular complexity index is 1620. The van der Waals surface area contributed by atoms with Gasteiger partial charge in [-0.1, -0.05) is 59.7 Å². The molecule has 0 saturated heterocycles. The number of aromatic carboxylic acids is 1. The molecule has 0 unspecified atom stereocenters. The van der Waals surface area contributed by atoms with Crippen LogP contribution in [0.3, 0.4) is 0 Å². The molecule has 0 amide bonds. The molecule has 210 valence electrons. The second-order valence-electron chi connectivity index (χ2n) is 12.3. The molecule has 40 heavy (non-hydrogen) atoms. The number of sulfonamides is 1. The first-order valence-electron chi connectivity index (χ1n) is 13.1. The molecule has 4 aromatic rings. The smallest absolute Gasteiger partial charge is 0.335 e. The minimum atomic E-state index is -3.58. The average molecular weight is 560 g/mol. The Morgan fingerprint density at radius 1 is 0.775 bits per heavy atom. The van der Waals surface area contributed by atoms with E-state index in [4.69, 9.17) is 5.10 Å². The summed E-state index contributed by atoms with van der Waals surface area (Å²) in [7, 11) is -0.564. The lowest BCUT2D eigenvalue weighted by molar-refractivity contribution is 0.0697. The molecule has 0 saturated carbocycles. The maximum absolute atomic E-state index is 12.7. The summed E-state index contributed by atoms with van der Waals surface area (Å²) in [6, 6.07) is 21.9. The summed E-state index contributed by atoms with van der Waals surface area (Å²) in [5.41, 5.74) is 6.42. The summed E-state index contributed by atoms with van der Waals surface area (Å²) in [6.45, 7) is 13.1. The van der Waals surface area contributed by atoms with Crippen LogP contribution in [0, 0.1) is 0 Å². The molecule has 0 atom stereocenters. The van der Waals surface area contributed by atoms with E-state index in [0.29, 0.717) is 11.4 Å². The number of carboxylic acids is 1. The van der Waals surface area contributed by atoms with E-state index in [1.54, 1.807) is 48.5 Å². The second-order valence-corrected chi connectivity index (χ2v) is 14.4. The highest BCUT2D eigenvalue weighted by Gasteiger charge is 2.23. The number of carboxylic acid groups (broad SMARTS) is 1. The first kappa shape index (κ1) is 29.2. The SMILES string of the molecule is CN(C)S(=O)(=O)c1ccc(-n2nc(-c3ccc(C(=O)O)cc3)cc2-c2cc(C(C)(C)C)cc(C(C)(C)C)c2)cc1. The predicted octanol–water partition coefficient (Wildman–Crippen LogP) is 6.75. The lowest BCUT2D eigenvalue weighted by atomic mass is 9.79. The van der Waals surface area contributed by atoms with E-state index in [1.807, 2.05) is 10.7 Å². The Morgan fingerprint density at radius 3 is 1.75 bits per heavy atom. The molecule has 8 heteroatoms. The van der Waals surface area contributed by atoms with Crippen molar-refractivity contribution in [2.75, 3.05) is 14.1 Å². The first-order chi connectivity index (χ1) is 18.5. The Kier molecular flexibility index (Phi) is 7.56. The average Bonchev–Trinajstić information content (AvgIpc) is 3.33. The van der Waals surface area contributed by atoms with Crippen molar-refractivity contribution in [3.63, 3.8) is 0 Å². The van der Waals surface area contributed by atoms with E-state index < -0.39 is 16.0 Å². The molecule has 1 N–H and O–H groups in total. The molecule has 1 heterocycles. The summed E-state index contributed by atoms with van der Waals surface area (Å²) in [4.78, 5) is 11.6. The van der Waals surface area contributed by atoms with Crippen LogP contribution in [-0.2, 0) is 20.9 Å². The normalized spacial score (nSPS) is 12.6. The Morgan fingerprint density at radius 2 is 1.30 bits per heavy atom. The number of benzene rings is 3. The minimum absolute atomic E-state index is 0.0848. The van der Waals surface area contributed by atoms with Crippen molar-refractivity contribution in [2.24, 2.45) is 0 Å². The zero-order valence-corrected chi connectivity index (χ0v) is 25.2. The number of carbonyl (C=O) groups is 1. The van der Waals surface area contributed by atoms with E-state index in [2.05, 4.69) is 59.7 Å². The van der Waals surface area contributed by atoms with E-state index in [9.17, 15) is 18.3 Å². The number of rotatable bonds is 6. The molecule has 0 aliphatic rings. The Hall–Kier alpha value is -3.75. The van der Waals surface area contributed by atoms with Crippen LogP contribution in [0.5, 0.6) is 0 Å². The highest BCUT2D eigenvalue weighted by atomic mass is 32.2. The summed E-state index contributed by atoms with van der Waals surface area (Å²) < 4.78 is 28.3. The van der Waals surface area contributed by atoms with Gasteiger partial charge in [0.2, 0.25) is 10.0 Å². The van der Waals surface area contributed by atoms with Gasteiger partial charge < -0.3 is 5.11 Å². The van der Waals surface area contributed by atoms with Gasteiger partial charge in [0.25, 0.3) is 0 Å². The molecule has 7 nitrogen and oxygen atoms in total. The minimum Gasteiger partial charge on any atom is -0.478 e. The van der Waals surface area contributed by atoms with Crippen LogP contribution < -0.4 is 0 Å². The van der Waals surface area contributed by atoms with Crippen LogP contribution in [0.1, 0.15) is 63.0 Å². The van der Waals surface area contributed by atoms with E-state index >= 15 is 0 Å². The molecule has 0 bridgehead atoms. The zero-order chi connectivity index (χ0) is 29.6. The lowest BCUT2D eigenvalue weighted by Gasteiger charge is -2.26. The van der Waals surface area contributed by atoms with Gasteiger partial charge >= 0.3 is 5.97 Å². The molecule has 0 aliphatic heterocycles. The molecule has 0 aliphatic carbocycles. The van der Waals surface area contributed by atoms with Gasteiger partial charge in [-0.2, -0.15) is 5.10 Å². The predicted molar refractivity (Wildman–Crippen MR) is 160 cm³/mol. The fourth-order valence-corrected chi connectivity index (χ4v) is 5.22. The number of hydrogen-bond acceptors (Lipinski definition) is 4. The lowest BCUT2D eigenvalue weighted by Crippen LogP contribution is -2.22. The molecular formula is C32H37N3O4S. The summed E-state index contributed by atoms with van der Waals surface area (Å²) >= 11 is 0. The highest BCUT2D eigenvalue weighted by Crippen LogP contribution is 2.36. The number of hydrogen-bond donors (Lipinski definition) is 1. The van der Waals surface area contributed by atoms with Crippen LogP contribution in [-0.4, -0.2) is 47.7 Å². The van der Waals surface area contributed by atoms with E-state index in [-0.39, 0.29) is 21.3 Å². The van der Waals surface area contributed by atoms with Gasteiger partial charge in [0.15, 0.2) is 0 Å². The summed E-state index contributed by atoms with van der Waals surface area (Å²) in [5.74, 6) is -0.987. The van der Waals surface area contributed by atoms with Crippen molar-refractivity contribution < 1.29 is 18.3 Å². The Balaban J connectivity index is 1.95. The highest BCUT2D eigenvalue weighted by molar-refractivity contribution is 7.89. The van der Waals surface area contributed by atoms with Crippen molar-refractivity contribution in [2.45, 2.75) is 57.3 Å². The van der Waals surface area contributed by atoms with E-state index in [1.165, 1.54) is 29.5 Å². The van der Waals surface area contributed by atoms with Gasteiger partial charge in [0.05, 0.1) is 27.5 Å². The molecule has 4 rings (SSSR count). The molecular weight excluding hydrogens is 522 g/mol. The number of nitrogens with zero attached hydrogens (tertiary/aromatic N) is 3. The monoisotopic (exact) mass is 559 g/mol. The molecule has 0 spiro atoms. The van der Waals surface area contributed by atoms with Gasteiger partial charge in [-0.25, -0.2) is 22.2 Å². The molecule has 0 radical (unpaired) electrons. The topological polar surface area (TPSA) is 92.5 Å². The standard InChI is InChI=1S/C32H37N3O4S/c1-31(2,3)24-17-23(18-25(19-24)32(4,5)6)29-20-28(21-9-11-22(12-10-21)30(36)37)33-35(29)26-13-15-27(16-14-26)40(38,39)34(7)8/h9-20H,1-8H3,(H,36,37).